The summed E-state index contributed by atoms with van der Waals surface area (Å²) in [5.41, 5.74) is 0.476. The van der Waals surface area contributed by atoms with Crippen molar-refractivity contribution in [3.05, 3.63) is 34.3 Å². The van der Waals surface area contributed by atoms with E-state index in [0.29, 0.717) is 5.56 Å². The number of sulfone groups is 1. The Morgan fingerprint density at radius 1 is 1.29 bits per heavy atom. The highest BCUT2D eigenvalue weighted by molar-refractivity contribution is 9.10. The molecule has 17 heavy (non-hydrogen) atoms. The van der Waals surface area contributed by atoms with Gasteiger partial charge in [0, 0.05) is 10.2 Å². The van der Waals surface area contributed by atoms with Crippen LogP contribution >= 0.6 is 15.9 Å². The molecule has 1 aromatic carbocycles. The molecule has 96 valence electrons. The first-order chi connectivity index (χ1) is 7.92. The van der Waals surface area contributed by atoms with Crippen molar-refractivity contribution in [2.75, 3.05) is 12.4 Å². The van der Waals surface area contributed by atoms with Gasteiger partial charge in [0.15, 0.2) is 9.84 Å². The van der Waals surface area contributed by atoms with Crippen molar-refractivity contribution in [3.8, 4) is 0 Å². The molecule has 0 saturated heterocycles. The maximum Gasteiger partial charge on any atom is 0.158 e. The summed E-state index contributed by atoms with van der Waals surface area (Å²) >= 11 is 3.25. The molecule has 0 aromatic heterocycles. The van der Waals surface area contributed by atoms with Crippen LogP contribution in [0.25, 0.3) is 0 Å². The van der Waals surface area contributed by atoms with E-state index in [0.717, 1.165) is 4.47 Å². The Bertz CT molecular complexity index is 455. The van der Waals surface area contributed by atoms with Crippen LogP contribution in [-0.2, 0) is 9.84 Å². The number of aliphatic hydroxyl groups is 2. The molecule has 2 N–H and O–H groups in total. The summed E-state index contributed by atoms with van der Waals surface area (Å²) in [6, 6.07) is 6.68. The number of rotatable bonds is 5. The molecule has 0 aliphatic carbocycles. The molecule has 0 amide bonds. The van der Waals surface area contributed by atoms with Crippen LogP contribution in [0.3, 0.4) is 0 Å². The van der Waals surface area contributed by atoms with E-state index in [-0.39, 0.29) is 5.75 Å². The fourth-order valence-electron chi connectivity index (χ4n) is 1.50. The van der Waals surface area contributed by atoms with Crippen molar-refractivity contribution in [1.82, 2.24) is 0 Å². The van der Waals surface area contributed by atoms with Crippen molar-refractivity contribution < 1.29 is 18.6 Å². The van der Waals surface area contributed by atoms with Crippen molar-refractivity contribution in [2.24, 2.45) is 0 Å². The number of halogens is 1. The Balaban J connectivity index is 3.02. The zero-order valence-electron chi connectivity index (χ0n) is 9.38. The van der Waals surface area contributed by atoms with Crippen LogP contribution in [0.5, 0.6) is 0 Å². The van der Waals surface area contributed by atoms with Crippen LogP contribution in [0.1, 0.15) is 18.6 Å². The highest BCUT2D eigenvalue weighted by atomic mass is 79.9. The molecule has 0 saturated carbocycles. The highest BCUT2D eigenvalue weighted by Crippen LogP contribution is 2.24. The van der Waals surface area contributed by atoms with E-state index in [4.69, 9.17) is 5.11 Å². The average Bonchev–Trinajstić information content (AvgIpc) is 2.30. The lowest BCUT2D eigenvalue weighted by Crippen LogP contribution is -2.33. The summed E-state index contributed by atoms with van der Waals surface area (Å²) in [6.45, 7) is 0.902. The van der Waals surface area contributed by atoms with Gasteiger partial charge in [-0.15, -0.1) is 0 Å². The predicted molar refractivity (Wildman–Crippen MR) is 69.4 cm³/mol. The SMILES string of the molecule is CCS(=O)(=O)[C@H](CO)[C@@H](O)c1ccc(Br)cc1. The summed E-state index contributed by atoms with van der Waals surface area (Å²) in [7, 11) is -3.48. The van der Waals surface area contributed by atoms with Crippen LogP contribution in [0, 0.1) is 0 Å². The number of aliphatic hydroxyl groups excluding tert-OH is 2. The van der Waals surface area contributed by atoms with Crippen molar-refractivity contribution in [3.63, 3.8) is 0 Å². The van der Waals surface area contributed by atoms with Gasteiger partial charge >= 0.3 is 0 Å². The average molecular weight is 323 g/mol. The van der Waals surface area contributed by atoms with Crippen LogP contribution in [0.4, 0.5) is 0 Å². The summed E-state index contributed by atoms with van der Waals surface area (Å²) < 4.78 is 24.2. The molecule has 6 heteroatoms. The van der Waals surface area contributed by atoms with Crippen LogP contribution < -0.4 is 0 Å². The highest BCUT2D eigenvalue weighted by Gasteiger charge is 2.31. The third-order valence-corrected chi connectivity index (χ3v) is 5.27. The molecule has 0 spiro atoms. The molecule has 0 aliphatic rings. The fourth-order valence-corrected chi connectivity index (χ4v) is 2.97. The Morgan fingerprint density at radius 3 is 2.24 bits per heavy atom. The summed E-state index contributed by atoms with van der Waals surface area (Å²) in [5, 5.41) is 17.9. The van der Waals surface area contributed by atoms with Gasteiger partial charge in [-0.2, -0.15) is 0 Å². The maximum absolute atomic E-state index is 11.7. The van der Waals surface area contributed by atoms with Gasteiger partial charge in [0.25, 0.3) is 0 Å². The fraction of sp³-hybridized carbons (Fsp3) is 0.455. The Morgan fingerprint density at radius 2 is 1.82 bits per heavy atom. The second-order valence-electron chi connectivity index (χ2n) is 3.67. The lowest BCUT2D eigenvalue weighted by molar-refractivity contribution is 0.138. The van der Waals surface area contributed by atoms with E-state index in [1.165, 1.54) is 6.92 Å². The Kier molecular flexibility index (Phi) is 5.12. The van der Waals surface area contributed by atoms with Gasteiger partial charge in [0.1, 0.15) is 5.25 Å². The first-order valence-corrected chi connectivity index (χ1v) is 7.69. The summed E-state index contributed by atoms with van der Waals surface area (Å²) in [5.74, 6) is -0.105. The summed E-state index contributed by atoms with van der Waals surface area (Å²) in [4.78, 5) is 0. The third kappa shape index (κ3) is 3.51. The maximum atomic E-state index is 11.7. The zero-order chi connectivity index (χ0) is 13.1. The minimum atomic E-state index is -3.48. The molecule has 0 aliphatic heterocycles. The predicted octanol–water partition coefficient (Wildman–Crippen LogP) is 1.28. The van der Waals surface area contributed by atoms with E-state index in [1.54, 1.807) is 24.3 Å². The third-order valence-electron chi connectivity index (χ3n) is 2.61. The topological polar surface area (TPSA) is 74.6 Å². The van der Waals surface area contributed by atoms with Gasteiger partial charge in [-0.1, -0.05) is 35.0 Å². The van der Waals surface area contributed by atoms with Crippen molar-refractivity contribution >= 4 is 25.8 Å². The van der Waals surface area contributed by atoms with Crippen LogP contribution in [0.15, 0.2) is 28.7 Å². The quantitative estimate of drug-likeness (QED) is 0.856. The number of benzene rings is 1. The van der Waals surface area contributed by atoms with Gasteiger partial charge in [0.2, 0.25) is 0 Å². The van der Waals surface area contributed by atoms with Gasteiger partial charge in [-0.05, 0) is 17.7 Å². The Labute approximate surface area is 109 Å². The molecule has 1 rings (SSSR count). The van der Waals surface area contributed by atoms with Gasteiger partial charge < -0.3 is 10.2 Å². The van der Waals surface area contributed by atoms with E-state index >= 15 is 0 Å². The lowest BCUT2D eigenvalue weighted by Gasteiger charge is -2.20. The molecule has 0 heterocycles. The summed E-state index contributed by atoms with van der Waals surface area (Å²) in [6.07, 6.45) is -1.21. The molecule has 0 fully saturated rings. The van der Waals surface area contributed by atoms with Crippen LogP contribution in [0.2, 0.25) is 0 Å². The molecule has 1 aromatic rings. The van der Waals surface area contributed by atoms with E-state index < -0.39 is 27.8 Å². The second kappa shape index (κ2) is 5.95. The Hall–Kier alpha value is -0.430. The van der Waals surface area contributed by atoms with Gasteiger partial charge in [-0.25, -0.2) is 8.42 Å². The minimum absolute atomic E-state index is 0.105. The van der Waals surface area contributed by atoms with Crippen molar-refractivity contribution in [1.29, 1.82) is 0 Å². The minimum Gasteiger partial charge on any atom is -0.395 e. The largest absolute Gasteiger partial charge is 0.395 e. The normalized spacial score (nSPS) is 15.5. The van der Waals surface area contributed by atoms with Gasteiger partial charge in [0.05, 0.1) is 12.7 Å². The first kappa shape index (κ1) is 14.6. The molecule has 0 unspecified atom stereocenters. The lowest BCUT2D eigenvalue weighted by atomic mass is 10.1. The smallest absolute Gasteiger partial charge is 0.158 e. The number of hydrogen-bond donors (Lipinski definition) is 2. The molecule has 2 atom stereocenters. The van der Waals surface area contributed by atoms with E-state index in [1.807, 2.05) is 0 Å². The molecule has 4 nitrogen and oxygen atoms in total. The standard InChI is InChI=1S/C11H15BrO4S/c1-2-17(15,16)10(7-13)11(14)8-3-5-9(12)6-4-8/h3-6,10-11,13-14H,2,7H2,1H3/t10-,11+/m1/s1. The van der Waals surface area contributed by atoms with E-state index in [2.05, 4.69) is 15.9 Å². The van der Waals surface area contributed by atoms with Gasteiger partial charge in [-0.3, -0.25) is 0 Å². The molecular weight excluding hydrogens is 308 g/mol. The molecule has 0 bridgehead atoms. The van der Waals surface area contributed by atoms with E-state index in [9.17, 15) is 13.5 Å². The molecule has 0 radical (unpaired) electrons. The number of hydrogen-bond acceptors (Lipinski definition) is 4. The van der Waals surface area contributed by atoms with Crippen molar-refractivity contribution in [2.45, 2.75) is 18.3 Å². The molecular formula is C11H15BrO4S. The monoisotopic (exact) mass is 322 g/mol. The van der Waals surface area contributed by atoms with Crippen LogP contribution in [-0.4, -0.2) is 36.2 Å². The zero-order valence-corrected chi connectivity index (χ0v) is 11.8. The second-order valence-corrected chi connectivity index (χ2v) is 7.09. The first-order valence-electron chi connectivity index (χ1n) is 5.18.